The van der Waals surface area contributed by atoms with E-state index in [0.29, 0.717) is 23.9 Å². The Morgan fingerprint density at radius 3 is 0.977 bits per heavy atom. The minimum Gasteiger partial charge on any atom is -0.462 e. The van der Waals surface area contributed by atoms with Gasteiger partial charge in [-0.1, -0.05) is 357 Å². The summed E-state index contributed by atoms with van der Waals surface area (Å²) in [6, 6.07) is 0. The van der Waals surface area contributed by atoms with E-state index in [-0.39, 0.29) is 25.6 Å². The van der Waals surface area contributed by atoms with Crippen LogP contribution in [0.1, 0.15) is 367 Å². The molecule has 0 bridgehead atoms. The van der Waals surface area contributed by atoms with Crippen LogP contribution in [0.3, 0.4) is 0 Å². The molecule has 10 heteroatoms. The highest BCUT2D eigenvalue weighted by Gasteiger charge is 2.27. The van der Waals surface area contributed by atoms with Crippen molar-refractivity contribution >= 4 is 19.8 Å². The number of likely N-dealkylation sites (N-methyl/N-ethyl adjacent to an activating group) is 1. The minimum absolute atomic E-state index is 0.0343. The lowest BCUT2D eigenvalue weighted by atomic mass is 10.0. The number of allylic oxidation sites excluding steroid dienone is 10. The number of carbonyl (C=O) groups excluding carboxylic acids is 2. The number of phosphoric ester groups is 1. The van der Waals surface area contributed by atoms with Crippen molar-refractivity contribution in [3.05, 3.63) is 60.8 Å². The topological polar surface area (TPSA) is 108 Å². The van der Waals surface area contributed by atoms with Gasteiger partial charge in [-0.3, -0.25) is 18.6 Å². The summed E-state index contributed by atoms with van der Waals surface area (Å²) in [7, 11) is 1.50. The van der Waals surface area contributed by atoms with Crippen LogP contribution in [0.25, 0.3) is 0 Å². The number of quaternary nitrogens is 1. The van der Waals surface area contributed by atoms with E-state index in [4.69, 9.17) is 18.5 Å². The second-order valence-electron chi connectivity index (χ2n) is 26.7. The molecule has 0 aromatic carbocycles. The van der Waals surface area contributed by atoms with Gasteiger partial charge in [-0.25, -0.2) is 4.57 Å². The molecule has 9 nitrogen and oxygen atoms in total. The van der Waals surface area contributed by atoms with Gasteiger partial charge in [0.2, 0.25) is 0 Å². The summed E-state index contributed by atoms with van der Waals surface area (Å²) in [4.78, 5) is 35.9. The molecule has 0 heterocycles. The molecule has 0 radical (unpaired) electrons. The number of hydrogen-bond acceptors (Lipinski definition) is 7. The average molecular weight is 1240 g/mol. The molecule has 0 amide bonds. The number of nitrogens with zero attached hydrogens (tertiary/aromatic N) is 1. The van der Waals surface area contributed by atoms with Gasteiger partial charge in [0.1, 0.15) is 19.8 Å². The zero-order valence-electron chi connectivity index (χ0n) is 58.3. The smallest absolute Gasteiger partial charge is 0.462 e. The van der Waals surface area contributed by atoms with Gasteiger partial charge in [-0.05, 0) is 57.8 Å². The Kier molecular flexibility index (Phi) is 66.3. The fourth-order valence-corrected chi connectivity index (χ4v) is 11.8. The first-order chi connectivity index (χ1) is 42.5. The fraction of sp³-hybridized carbons (Fsp3) is 0.844. The molecular weight excluding hydrogens is 1100 g/mol. The Balaban J connectivity index is 3.94. The summed E-state index contributed by atoms with van der Waals surface area (Å²) in [6.07, 6.45) is 90.6. The maximum Gasteiger partial charge on any atom is 0.472 e. The van der Waals surface area contributed by atoms with Crippen LogP contribution in [0.15, 0.2) is 60.8 Å². The quantitative estimate of drug-likeness (QED) is 0.0211. The Morgan fingerprint density at radius 2 is 0.655 bits per heavy atom. The lowest BCUT2D eigenvalue weighted by molar-refractivity contribution is -0.870. The highest BCUT2D eigenvalue weighted by molar-refractivity contribution is 7.47. The second kappa shape index (κ2) is 68.1. The number of carbonyl (C=O) groups is 2. The summed E-state index contributed by atoms with van der Waals surface area (Å²) in [6.45, 7) is 4.39. The molecule has 0 saturated carbocycles. The molecule has 0 aromatic heterocycles. The maximum absolute atomic E-state index is 12.9. The van der Waals surface area contributed by atoms with E-state index in [1.165, 1.54) is 270 Å². The third-order valence-corrected chi connectivity index (χ3v) is 17.8. The van der Waals surface area contributed by atoms with Crippen LogP contribution in [0.5, 0.6) is 0 Å². The summed E-state index contributed by atoms with van der Waals surface area (Å²) in [5.41, 5.74) is 0. The van der Waals surface area contributed by atoms with Crippen LogP contribution < -0.4 is 0 Å². The average Bonchev–Trinajstić information content (AvgIpc) is 3.56. The van der Waals surface area contributed by atoms with Gasteiger partial charge in [0.25, 0.3) is 0 Å². The molecule has 2 unspecified atom stereocenters. The number of esters is 2. The van der Waals surface area contributed by atoms with Crippen LogP contribution >= 0.6 is 7.82 Å². The van der Waals surface area contributed by atoms with E-state index < -0.39 is 26.5 Å². The Morgan fingerprint density at radius 1 is 0.368 bits per heavy atom. The van der Waals surface area contributed by atoms with Crippen molar-refractivity contribution in [2.24, 2.45) is 0 Å². The fourth-order valence-electron chi connectivity index (χ4n) is 11.1. The standard InChI is InChI=1S/C77H144NO8P/c1-6-8-10-12-14-16-18-20-22-24-26-28-30-32-34-35-36-37-38-39-40-41-42-43-44-46-48-50-52-54-56-58-60-62-64-66-68-70-77(80)86-75(74-85-87(81,82)84-72-71-78(3,4)5)73-83-76(79)69-67-65-63-61-59-57-55-53-51-49-47-45-33-31-29-27-25-23-21-19-17-15-13-11-9-7-2/h8,10,14,16,20,22,26,28,32,34,75H,6-7,9,11-13,15,17-19,21,23-25,27,29-31,33,35-74H2,1-5H3/p+1/b10-8-,16-14-,22-20-,28-26-,34-32-. The molecule has 0 aliphatic carbocycles. The lowest BCUT2D eigenvalue weighted by Crippen LogP contribution is -2.37. The van der Waals surface area contributed by atoms with Gasteiger partial charge < -0.3 is 18.9 Å². The molecule has 1 N–H and O–H groups in total. The molecule has 0 saturated heterocycles. The molecule has 510 valence electrons. The summed E-state index contributed by atoms with van der Waals surface area (Å²) >= 11 is 0. The van der Waals surface area contributed by atoms with Crippen molar-refractivity contribution in [1.82, 2.24) is 0 Å². The molecule has 0 aliphatic rings. The monoisotopic (exact) mass is 1240 g/mol. The highest BCUT2D eigenvalue weighted by atomic mass is 31.2. The normalized spacial score (nSPS) is 13.4. The van der Waals surface area contributed by atoms with Crippen molar-refractivity contribution < 1.29 is 42.1 Å². The van der Waals surface area contributed by atoms with Gasteiger partial charge in [0.15, 0.2) is 6.10 Å². The van der Waals surface area contributed by atoms with Gasteiger partial charge >= 0.3 is 19.8 Å². The summed E-state index contributed by atoms with van der Waals surface area (Å²) in [5, 5.41) is 0. The highest BCUT2D eigenvalue weighted by Crippen LogP contribution is 2.43. The Hall–Kier alpha value is -2.29. The molecular formula is C77H145NO8P+. The lowest BCUT2D eigenvalue weighted by Gasteiger charge is -2.24. The first kappa shape index (κ1) is 84.7. The van der Waals surface area contributed by atoms with E-state index in [1.54, 1.807) is 0 Å². The van der Waals surface area contributed by atoms with E-state index >= 15 is 0 Å². The van der Waals surface area contributed by atoms with Crippen LogP contribution in [-0.2, 0) is 32.7 Å². The number of ether oxygens (including phenoxy) is 2. The predicted molar refractivity (Wildman–Crippen MR) is 376 cm³/mol. The van der Waals surface area contributed by atoms with Gasteiger partial charge in [-0.2, -0.15) is 0 Å². The van der Waals surface area contributed by atoms with Crippen molar-refractivity contribution in [3.63, 3.8) is 0 Å². The van der Waals surface area contributed by atoms with Crippen molar-refractivity contribution in [2.75, 3.05) is 47.5 Å². The first-order valence-corrected chi connectivity index (χ1v) is 39.0. The zero-order chi connectivity index (χ0) is 63.4. The molecule has 2 atom stereocenters. The van der Waals surface area contributed by atoms with Crippen molar-refractivity contribution in [3.8, 4) is 0 Å². The predicted octanol–water partition coefficient (Wildman–Crippen LogP) is 24.6. The van der Waals surface area contributed by atoms with Gasteiger partial charge in [-0.15, -0.1) is 0 Å². The largest absolute Gasteiger partial charge is 0.472 e. The Bertz CT molecular complexity index is 1650. The summed E-state index contributed by atoms with van der Waals surface area (Å²) in [5.74, 6) is -0.774. The van der Waals surface area contributed by atoms with E-state index in [2.05, 4.69) is 74.6 Å². The number of hydrogen-bond donors (Lipinski definition) is 1. The number of unbranched alkanes of at least 4 members (excludes halogenated alkanes) is 46. The first-order valence-electron chi connectivity index (χ1n) is 37.5. The zero-order valence-corrected chi connectivity index (χ0v) is 59.2. The maximum atomic E-state index is 12.9. The molecule has 0 fully saturated rings. The third kappa shape index (κ3) is 72.6. The minimum atomic E-state index is -4.39. The summed E-state index contributed by atoms with van der Waals surface area (Å²) < 4.78 is 34.8. The molecule has 0 rings (SSSR count). The molecule has 87 heavy (non-hydrogen) atoms. The second-order valence-corrected chi connectivity index (χ2v) is 28.1. The van der Waals surface area contributed by atoms with Crippen molar-refractivity contribution in [1.29, 1.82) is 0 Å². The van der Waals surface area contributed by atoms with Gasteiger partial charge in [0.05, 0.1) is 27.7 Å². The number of rotatable bonds is 70. The molecule has 0 spiro atoms. The Labute approximate surface area is 540 Å². The van der Waals surface area contributed by atoms with E-state index in [1.807, 2.05) is 21.1 Å². The van der Waals surface area contributed by atoms with Gasteiger partial charge in [0, 0.05) is 12.8 Å². The van der Waals surface area contributed by atoms with E-state index in [9.17, 15) is 19.0 Å². The van der Waals surface area contributed by atoms with Crippen LogP contribution in [0.2, 0.25) is 0 Å². The molecule has 0 aromatic rings. The van der Waals surface area contributed by atoms with Crippen LogP contribution in [-0.4, -0.2) is 74.9 Å². The van der Waals surface area contributed by atoms with E-state index in [0.717, 1.165) is 64.2 Å². The van der Waals surface area contributed by atoms with Crippen molar-refractivity contribution in [2.45, 2.75) is 373 Å². The molecule has 0 aliphatic heterocycles. The third-order valence-electron chi connectivity index (χ3n) is 16.8. The van der Waals surface area contributed by atoms with Crippen LogP contribution in [0, 0.1) is 0 Å². The SMILES string of the molecule is CC/C=C\C/C=C\C/C=C\C/C=C\C/C=C\CCCCCCCCCCCCCCCCCCCCCCCC(=O)OC(COC(=O)CCCCCCCCCCCCCCCCCCCCCCCCCCCC)COP(=O)(O)OCC[N+](C)(C)C. The van der Waals surface area contributed by atoms with Crippen LogP contribution in [0.4, 0.5) is 0 Å². The number of phosphoric acid groups is 1.